The van der Waals surface area contributed by atoms with Gasteiger partial charge in [0, 0.05) is 28.2 Å². The van der Waals surface area contributed by atoms with E-state index in [0.717, 1.165) is 26.8 Å². The number of nitrogens with two attached hydrogens (primary N) is 1. The van der Waals surface area contributed by atoms with Crippen LogP contribution >= 0.6 is 15.9 Å². The molecule has 1 aromatic carbocycles. The maximum Gasteiger partial charge on any atom is 0.0705 e. The van der Waals surface area contributed by atoms with Gasteiger partial charge in [-0.25, -0.2) is 0 Å². The number of fused-ring (bicyclic) bond motifs is 1. The molecule has 21 heavy (non-hydrogen) atoms. The van der Waals surface area contributed by atoms with Crippen LogP contribution < -0.4 is 11.3 Å². The molecule has 2 aromatic heterocycles. The fraction of sp³-hybridized carbons (Fsp3) is 0.125. The lowest BCUT2D eigenvalue weighted by molar-refractivity contribution is 0.533. The number of benzene rings is 1. The number of rotatable bonds is 4. The van der Waals surface area contributed by atoms with Gasteiger partial charge < -0.3 is 0 Å². The van der Waals surface area contributed by atoms with Gasteiger partial charge in [0.1, 0.15) is 0 Å². The van der Waals surface area contributed by atoms with Crippen LogP contribution in [0.5, 0.6) is 0 Å². The van der Waals surface area contributed by atoms with Gasteiger partial charge in [-0.3, -0.25) is 21.2 Å². The third-order valence-corrected chi connectivity index (χ3v) is 3.85. The van der Waals surface area contributed by atoms with Crippen molar-refractivity contribution in [1.29, 1.82) is 0 Å². The number of para-hydroxylation sites is 1. The molecule has 0 fully saturated rings. The molecule has 3 N–H and O–H groups in total. The minimum absolute atomic E-state index is 0.0632. The Morgan fingerprint density at radius 1 is 1.10 bits per heavy atom. The third kappa shape index (κ3) is 3.26. The number of halogens is 1. The van der Waals surface area contributed by atoms with Gasteiger partial charge in [-0.15, -0.1) is 0 Å². The zero-order valence-corrected chi connectivity index (χ0v) is 12.9. The molecule has 106 valence electrons. The van der Waals surface area contributed by atoms with Crippen molar-refractivity contribution in [2.24, 2.45) is 5.84 Å². The highest BCUT2D eigenvalue weighted by Gasteiger charge is 2.13. The topological polar surface area (TPSA) is 63.8 Å². The van der Waals surface area contributed by atoms with Gasteiger partial charge in [-0.1, -0.05) is 24.3 Å². The zero-order valence-electron chi connectivity index (χ0n) is 11.3. The van der Waals surface area contributed by atoms with Gasteiger partial charge in [0.05, 0.1) is 17.3 Å². The maximum atomic E-state index is 5.67. The highest BCUT2D eigenvalue weighted by atomic mass is 79.9. The van der Waals surface area contributed by atoms with E-state index in [1.807, 2.05) is 36.4 Å². The van der Waals surface area contributed by atoms with Crippen LogP contribution in [0, 0.1) is 0 Å². The SMILES string of the molecule is NNC(Cc1ccc2ccccc2n1)c1ccc(Br)cn1. The van der Waals surface area contributed by atoms with Gasteiger partial charge in [0.25, 0.3) is 0 Å². The summed E-state index contributed by atoms with van der Waals surface area (Å²) < 4.78 is 0.950. The lowest BCUT2D eigenvalue weighted by Crippen LogP contribution is -2.30. The molecular weight excluding hydrogens is 328 g/mol. The second-order valence-corrected chi connectivity index (χ2v) is 5.74. The Morgan fingerprint density at radius 2 is 1.95 bits per heavy atom. The second kappa shape index (κ2) is 6.30. The average Bonchev–Trinajstić information content (AvgIpc) is 2.53. The Bertz CT molecular complexity index is 743. The maximum absolute atomic E-state index is 5.67. The van der Waals surface area contributed by atoms with E-state index < -0.39 is 0 Å². The van der Waals surface area contributed by atoms with E-state index >= 15 is 0 Å². The molecule has 1 atom stereocenters. The molecular formula is C16H15BrN4. The largest absolute Gasteiger partial charge is 0.271 e. The molecule has 0 aliphatic rings. The third-order valence-electron chi connectivity index (χ3n) is 3.38. The molecule has 3 rings (SSSR count). The molecule has 3 aromatic rings. The highest BCUT2D eigenvalue weighted by Crippen LogP contribution is 2.19. The fourth-order valence-electron chi connectivity index (χ4n) is 2.27. The summed E-state index contributed by atoms with van der Waals surface area (Å²) >= 11 is 3.38. The van der Waals surface area contributed by atoms with Crippen molar-refractivity contribution < 1.29 is 0 Å². The second-order valence-electron chi connectivity index (χ2n) is 4.82. The molecule has 0 spiro atoms. The van der Waals surface area contributed by atoms with Crippen molar-refractivity contribution in [3.8, 4) is 0 Å². The van der Waals surface area contributed by atoms with Gasteiger partial charge in [0.2, 0.25) is 0 Å². The van der Waals surface area contributed by atoms with Crippen molar-refractivity contribution in [2.45, 2.75) is 12.5 Å². The first kappa shape index (κ1) is 14.1. The Hall–Kier alpha value is -1.82. The Kier molecular flexibility index (Phi) is 4.24. The van der Waals surface area contributed by atoms with Crippen LogP contribution in [0.15, 0.2) is 59.2 Å². The summed E-state index contributed by atoms with van der Waals surface area (Å²) in [6, 6.07) is 16.0. The van der Waals surface area contributed by atoms with E-state index in [9.17, 15) is 0 Å². The van der Waals surface area contributed by atoms with Crippen molar-refractivity contribution in [2.75, 3.05) is 0 Å². The molecule has 0 bridgehead atoms. The summed E-state index contributed by atoms with van der Waals surface area (Å²) in [5.74, 6) is 5.67. The number of hydrogen-bond donors (Lipinski definition) is 2. The molecule has 0 amide bonds. The van der Waals surface area contributed by atoms with E-state index in [2.05, 4.69) is 43.5 Å². The highest BCUT2D eigenvalue weighted by molar-refractivity contribution is 9.10. The molecule has 0 radical (unpaired) electrons. The van der Waals surface area contributed by atoms with Crippen LogP contribution in [0.4, 0.5) is 0 Å². The number of nitrogens with one attached hydrogen (secondary N) is 1. The predicted molar refractivity (Wildman–Crippen MR) is 87.4 cm³/mol. The van der Waals surface area contributed by atoms with Crippen molar-refractivity contribution in [1.82, 2.24) is 15.4 Å². The quantitative estimate of drug-likeness (QED) is 0.564. The first-order valence-corrected chi connectivity index (χ1v) is 7.48. The molecule has 0 aliphatic carbocycles. The Labute approximate surface area is 131 Å². The number of hydrogen-bond acceptors (Lipinski definition) is 4. The normalized spacial score (nSPS) is 12.5. The monoisotopic (exact) mass is 342 g/mol. The van der Waals surface area contributed by atoms with E-state index in [1.165, 1.54) is 0 Å². The van der Waals surface area contributed by atoms with Crippen LogP contribution in [0.25, 0.3) is 10.9 Å². The first-order valence-electron chi connectivity index (χ1n) is 6.68. The number of hydrazine groups is 1. The summed E-state index contributed by atoms with van der Waals surface area (Å²) in [6.07, 6.45) is 2.46. The average molecular weight is 343 g/mol. The van der Waals surface area contributed by atoms with Crippen LogP contribution in [-0.4, -0.2) is 9.97 Å². The fourth-order valence-corrected chi connectivity index (χ4v) is 2.51. The van der Waals surface area contributed by atoms with Crippen molar-refractivity contribution in [3.63, 3.8) is 0 Å². The predicted octanol–water partition coefficient (Wildman–Crippen LogP) is 3.14. The molecule has 5 heteroatoms. The summed E-state index contributed by atoms with van der Waals surface area (Å²) in [6.45, 7) is 0. The van der Waals surface area contributed by atoms with Crippen molar-refractivity contribution >= 4 is 26.8 Å². The molecule has 4 nitrogen and oxygen atoms in total. The van der Waals surface area contributed by atoms with E-state index in [4.69, 9.17) is 5.84 Å². The lowest BCUT2D eigenvalue weighted by atomic mass is 10.1. The standard InChI is InChI=1S/C16H15BrN4/c17-12-6-8-15(19-10-12)16(21-18)9-13-7-5-11-3-1-2-4-14(11)20-13/h1-8,10,16,21H,9,18H2. The Balaban J connectivity index is 1.86. The minimum Gasteiger partial charge on any atom is -0.271 e. The summed E-state index contributed by atoms with van der Waals surface area (Å²) in [5.41, 5.74) is 5.70. The van der Waals surface area contributed by atoms with Gasteiger partial charge in [-0.2, -0.15) is 0 Å². The molecule has 1 unspecified atom stereocenters. The van der Waals surface area contributed by atoms with E-state index in [-0.39, 0.29) is 6.04 Å². The lowest BCUT2D eigenvalue weighted by Gasteiger charge is -2.15. The minimum atomic E-state index is -0.0632. The smallest absolute Gasteiger partial charge is 0.0705 e. The van der Waals surface area contributed by atoms with E-state index in [1.54, 1.807) is 6.20 Å². The van der Waals surface area contributed by atoms with Crippen LogP contribution in [0.3, 0.4) is 0 Å². The van der Waals surface area contributed by atoms with Crippen LogP contribution in [0.2, 0.25) is 0 Å². The van der Waals surface area contributed by atoms with Gasteiger partial charge in [-0.05, 0) is 40.2 Å². The summed E-state index contributed by atoms with van der Waals surface area (Å²) in [4.78, 5) is 9.06. The summed E-state index contributed by atoms with van der Waals surface area (Å²) in [5, 5.41) is 1.14. The number of pyridine rings is 2. The summed E-state index contributed by atoms with van der Waals surface area (Å²) in [7, 11) is 0. The molecule has 0 saturated carbocycles. The van der Waals surface area contributed by atoms with Crippen LogP contribution in [0.1, 0.15) is 17.4 Å². The molecule has 0 aliphatic heterocycles. The number of nitrogens with zero attached hydrogens (tertiary/aromatic N) is 2. The van der Waals surface area contributed by atoms with Gasteiger partial charge in [0.15, 0.2) is 0 Å². The van der Waals surface area contributed by atoms with E-state index in [0.29, 0.717) is 6.42 Å². The number of aromatic nitrogens is 2. The zero-order chi connectivity index (χ0) is 14.7. The molecule has 0 saturated heterocycles. The van der Waals surface area contributed by atoms with Gasteiger partial charge >= 0.3 is 0 Å². The first-order chi connectivity index (χ1) is 10.3. The van der Waals surface area contributed by atoms with Crippen molar-refractivity contribution in [3.05, 3.63) is 70.6 Å². The molecule has 2 heterocycles. The van der Waals surface area contributed by atoms with Crippen LogP contribution in [-0.2, 0) is 6.42 Å². The Morgan fingerprint density at radius 3 is 2.71 bits per heavy atom.